The van der Waals surface area contributed by atoms with Crippen LogP contribution >= 0.6 is 15.9 Å². The van der Waals surface area contributed by atoms with Crippen molar-refractivity contribution >= 4 is 55.8 Å². The molecule has 4 aromatic rings. The number of fused-ring (bicyclic) bond motifs is 1. The first-order chi connectivity index (χ1) is 18.9. The molecule has 0 aliphatic heterocycles. The second kappa shape index (κ2) is 12.9. The van der Waals surface area contributed by atoms with Crippen molar-refractivity contribution < 1.29 is 24.2 Å². The highest BCUT2D eigenvalue weighted by molar-refractivity contribution is 9.10. The van der Waals surface area contributed by atoms with Crippen LogP contribution in [0.1, 0.15) is 18.6 Å². The summed E-state index contributed by atoms with van der Waals surface area (Å²) in [4.78, 5) is 25.8. The van der Waals surface area contributed by atoms with Gasteiger partial charge in [-0.15, -0.1) is 0 Å². The molecule has 4 aromatic carbocycles. The third-order valence-corrected chi connectivity index (χ3v) is 6.41. The smallest absolute Gasteiger partial charge is 0.412 e. The minimum atomic E-state index is -0.961. The molecule has 9 heteroatoms. The van der Waals surface area contributed by atoms with E-state index in [0.29, 0.717) is 33.4 Å². The summed E-state index contributed by atoms with van der Waals surface area (Å²) in [5, 5.41) is 17.2. The van der Waals surface area contributed by atoms with E-state index < -0.39 is 24.2 Å². The number of nitrogen functional groups attached to an aromatic ring is 1. The SMILES string of the molecule is CCO[C@@H](/C=C/C(=O)Nc1ccccc1N)[C@@H](OC(=O)Nc1ccc(Br)cc1)c1ccc(O)c2ccccc12. The van der Waals surface area contributed by atoms with E-state index in [-0.39, 0.29) is 12.4 Å². The minimum absolute atomic E-state index is 0.0933. The molecule has 0 radical (unpaired) electrons. The number of nitrogens with one attached hydrogen (secondary N) is 2. The third-order valence-electron chi connectivity index (χ3n) is 5.88. The fourth-order valence-electron chi connectivity index (χ4n) is 4.06. The number of aromatic hydroxyl groups is 1. The Labute approximate surface area is 234 Å². The molecule has 0 fully saturated rings. The molecule has 0 spiro atoms. The molecule has 2 amide bonds. The standard InChI is InChI=1S/C30H28BrN3O5/c1-2-38-27(17-18-28(36)34-25-10-6-5-9-24(25)32)29(39-30(37)33-20-13-11-19(31)12-14-20)23-15-16-26(35)22-8-4-3-7-21(22)23/h3-18,27,29,35H,2,32H2,1H3,(H,33,37)(H,34,36)/b18-17+/t27-,29-/m0/s1. The van der Waals surface area contributed by atoms with Gasteiger partial charge in [-0.3, -0.25) is 10.1 Å². The Bertz CT molecular complexity index is 1490. The summed E-state index contributed by atoms with van der Waals surface area (Å²) in [5.74, 6) is -0.332. The van der Waals surface area contributed by atoms with Crippen molar-refractivity contribution in [3.05, 3.63) is 107 Å². The predicted octanol–water partition coefficient (Wildman–Crippen LogP) is 6.78. The van der Waals surface area contributed by atoms with E-state index in [0.717, 1.165) is 4.47 Å². The van der Waals surface area contributed by atoms with Crippen molar-refractivity contribution in [1.82, 2.24) is 0 Å². The summed E-state index contributed by atoms with van der Waals surface area (Å²) in [6.45, 7) is 2.09. The number of para-hydroxylation sites is 2. The molecule has 0 saturated carbocycles. The van der Waals surface area contributed by atoms with Crippen molar-refractivity contribution in [3.63, 3.8) is 0 Å². The minimum Gasteiger partial charge on any atom is -0.507 e. The number of halogens is 1. The van der Waals surface area contributed by atoms with Crippen LogP contribution in [-0.2, 0) is 14.3 Å². The largest absolute Gasteiger partial charge is 0.507 e. The van der Waals surface area contributed by atoms with E-state index >= 15 is 0 Å². The number of rotatable bonds is 9. The zero-order valence-electron chi connectivity index (χ0n) is 21.1. The predicted molar refractivity (Wildman–Crippen MR) is 157 cm³/mol. The number of ether oxygens (including phenoxy) is 2. The molecule has 2 atom stereocenters. The summed E-state index contributed by atoms with van der Waals surface area (Å²) in [7, 11) is 0. The van der Waals surface area contributed by atoms with E-state index in [4.69, 9.17) is 15.2 Å². The van der Waals surface area contributed by atoms with Crippen molar-refractivity contribution in [2.45, 2.75) is 19.1 Å². The van der Waals surface area contributed by atoms with Crippen LogP contribution in [0.2, 0.25) is 0 Å². The third kappa shape index (κ3) is 7.16. The van der Waals surface area contributed by atoms with Crippen molar-refractivity contribution in [3.8, 4) is 5.75 Å². The number of hydrogen-bond donors (Lipinski definition) is 4. The number of nitrogens with two attached hydrogens (primary N) is 1. The van der Waals surface area contributed by atoms with Crippen LogP contribution in [0.25, 0.3) is 10.8 Å². The maximum absolute atomic E-state index is 13.0. The van der Waals surface area contributed by atoms with Gasteiger partial charge in [0.05, 0.1) is 11.4 Å². The Morgan fingerprint density at radius 2 is 1.64 bits per heavy atom. The zero-order valence-corrected chi connectivity index (χ0v) is 22.7. The highest BCUT2D eigenvalue weighted by atomic mass is 79.9. The summed E-state index contributed by atoms with van der Waals surface area (Å²) < 4.78 is 12.8. The second-order valence-corrected chi connectivity index (χ2v) is 9.45. The van der Waals surface area contributed by atoms with Gasteiger partial charge in [-0.1, -0.05) is 58.4 Å². The molecule has 0 aromatic heterocycles. The maximum Gasteiger partial charge on any atom is 0.412 e. The van der Waals surface area contributed by atoms with Gasteiger partial charge in [0.15, 0.2) is 6.10 Å². The zero-order chi connectivity index (χ0) is 27.8. The number of benzene rings is 4. The number of anilines is 3. The Morgan fingerprint density at radius 3 is 2.36 bits per heavy atom. The number of hydrogen-bond acceptors (Lipinski definition) is 6. The van der Waals surface area contributed by atoms with Crippen LogP contribution in [0.5, 0.6) is 5.75 Å². The van der Waals surface area contributed by atoms with Gasteiger partial charge < -0.3 is 25.6 Å². The van der Waals surface area contributed by atoms with E-state index in [1.54, 1.807) is 67.6 Å². The van der Waals surface area contributed by atoms with Gasteiger partial charge in [-0.25, -0.2) is 4.79 Å². The average molecular weight is 590 g/mol. The molecule has 0 saturated heterocycles. The van der Waals surface area contributed by atoms with Crippen LogP contribution in [0.3, 0.4) is 0 Å². The number of carbonyl (C=O) groups is 2. The molecule has 0 bridgehead atoms. The van der Waals surface area contributed by atoms with E-state index in [2.05, 4.69) is 26.6 Å². The molecule has 4 rings (SSSR count). The summed E-state index contributed by atoms with van der Waals surface area (Å²) in [6, 6.07) is 24.4. The number of amides is 2. The van der Waals surface area contributed by atoms with Crippen LogP contribution < -0.4 is 16.4 Å². The van der Waals surface area contributed by atoms with Gasteiger partial charge in [-0.05, 0) is 60.9 Å². The van der Waals surface area contributed by atoms with Crippen LogP contribution in [0.4, 0.5) is 21.9 Å². The van der Waals surface area contributed by atoms with Gasteiger partial charge in [-0.2, -0.15) is 0 Å². The van der Waals surface area contributed by atoms with Crippen molar-refractivity contribution in [2.24, 2.45) is 0 Å². The summed E-state index contributed by atoms with van der Waals surface area (Å²) >= 11 is 3.37. The van der Waals surface area contributed by atoms with E-state index in [1.165, 1.54) is 18.2 Å². The fourth-order valence-corrected chi connectivity index (χ4v) is 4.33. The van der Waals surface area contributed by atoms with Gasteiger partial charge in [0.25, 0.3) is 0 Å². The van der Waals surface area contributed by atoms with Crippen LogP contribution in [-0.4, -0.2) is 29.8 Å². The highest BCUT2D eigenvalue weighted by Gasteiger charge is 2.28. The first-order valence-electron chi connectivity index (χ1n) is 12.2. The normalized spacial score (nSPS) is 12.7. The summed E-state index contributed by atoms with van der Waals surface area (Å²) in [6.07, 6.45) is 0.350. The lowest BCUT2D eigenvalue weighted by molar-refractivity contribution is -0.112. The lowest BCUT2D eigenvalue weighted by atomic mass is 9.96. The molecular weight excluding hydrogens is 562 g/mol. The van der Waals surface area contributed by atoms with Gasteiger partial charge in [0, 0.05) is 33.8 Å². The Balaban J connectivity index is 1.66. The molecular formula is C30H28BrN3O5. The second-order valence-electron chi connectivity index (χ2n) is 8.53. The molecule has 0 unspecified atom stereocenters. The van der Waals surface area contributed by atoms with Gasteiger partial charge in [0.2, 0.25) is 5.91 Å². The van der Waals surface area contributed by atoms with Crippen LogP contribution in [0.15, 0.2) is 102 Å². The monoisotopic (exact) mass is 589 g/mol. The molecule has 0 heterocycles. The lowest BCUT2D eigenvalue weighted by Crippen LogP contribution is -2.28. The van der Waals surface area contributed by atoms with Crippen molar-refractivity contribution in [1.29, 1.82) is 0 Å². The van der Waals surface area contributed by atoms with Crippen molar-refractivity contribution in [2.75, 3.05) is 23.0 Å². The molecule has 5 N–H and O–H groups in total. The molecule has 200 valence electrons. The quantitative estimate of drug-likeness (QED) is 0.126. The first-order valence-corrected chi connectivity index (χ1v) is 13.0. The average Bonchev–Trinajstić information content (AvgIpc) is 2.93. The van der Waals surface area contributed by atoms with Crippen LogP contribution in [0, 0.1) is 0 Å². The Morgan fingerprint density at radius 1 is 0.949 bits per heavy atom. The fraction of sp³-hybridized carbons (Fsp3) is 0.133. The van der Waals surface area contributed by atoms with Gasteiger partial charge in [0.1, 0.15) is 11.9 Å². The first kappa shape index (κ1) is 27.7. The lowest BCUT2D eigenvalue weighted by Gasteiger charge is -2.26. The highest BCUT2D eigenvalue weighted by Crippen LogP contribution is 2.35. The molecule has 0 aliphatic rings. The number of phenolic OH excluding ortho intramolecular Hbond substituents is 1. The number of phenols is 1. The maximum atomic E-state index is 13.0. The molecule has 8 nitrogen and oxygen atoms in total. The number of carbonyl (C=O) groups excluding carboxylic acids is 2. The topological polar surface area (TPSA) is 123 Å². The Kier molecular flexibility index (Phi) is 9.19. The van der Waals surface area contributed by atoms with E-state index in [9.17, 15) is 14.7 Å². The summed E-state index contributed by atoms with van der Waals surface area (Å²) in [5.41, 5.74) is 7.99. The van der Waals surface area contributed by atoms with Gasteiger partial charge >= 0.3 is 6.09 Å². The Hall–Kier alpha value is -4.34. The molecule has 39 heavy (non-hydrogen) atoms. The van der Waals surface area contributed by atoms with E-state index in [1.807, 2.05) is 18.2 Å². The molecule has 0 aliphatic carbocycles.